The molecule has 19 heteroatoms. The van der Waals surface area contributed by atoms with Gasteiger partial charge in [-0.2, -0.15) is 35.5 Å². The molecular formula is C21H20ClN5O10S3. The molecule has 15 nitrogen and oxygen atoms in total. The van der Waals surface area contributed by atoms with E-state index in [1.807, 2.05) is 0 Å². The number of azo groups is 2. The molecule has 3 aromatic rings. The maximum Gasteiger partial charge on any atom is 0.296 e. The lowest BCUT2D eigenvalue weighted by atomic mass is 10.2. The molecule has 3 rings (SSSR count). The summed E-state index contributed by atoms with van der Waals surface area (Å²) in [5.41, 5.74) is 5.81. The average Bonchev–Trinajstić information content (AvgIpc) is 2.84. The van der Waals surface area contributed by atoms with Crippen molar-refractivity contribution in [3.05, 3.63) is 59.6 Å². The van der Waals surface area contributed by atoms with Crippen molar-refractivity contribution >= 4 is 70.4 Å². The maximum atomic E-state index is 12.0. The predicted molar refractivity (Wildman–Crippen MR) is 143 cm³/mol. The zero-order chi connectivity index (χ0) is 29.7. The summed E-state index contributed by atoms with van der Waals surface area (Å²) in [5.74, 6) is -0.453. The molecule has 0 bridgehead atoms. The van der Waals surface area contributed by atoms with Crippen LogP contribution in [0.2, 0.25) is 5.02 Å². The van der Waals surface area contributed by atoms with Crippen LogP contribution >= 0.6 is 11.6 Å². The first-order valence-electron chi connectivity index (χ1n) is 10.7. The van der Waals surface area contributed by atoms with Gasteiger partial charge in [-0.1, -0.05) is 11.6 Å². The minimum atomic E-state index is -4.81. The van der Waals surface area contributed by atoms with Gasteiger partial charge < -0.3 is 10.5 Å². The molecule has 0 saturated heterocycles. The van der Waals surface area contributed by atoms with Crippen molar-refractivity contribution in [2.24, 2.45) is 20.5 Å². The normalized spacial score (nSPS) is 12.8. The van der Waals surface area contributed by atoms with Crippen LogP contribution < -0.4 is 10.5 Å². The van der Waals surface area contributed by atoms with Crippen molar-refractivity contribution in [1.82, 2.24) is 0 Å². The molecule has 214 valence electrons. The Bertz CT molecular complexity index is 1800. The number of rotatable bonds is 11. The fourth-order valence-corrected chi connectivity index (χ4v) is 4.76. The summed E-state index contributed by atoms with van der Waals surface area (Å²) in [4.78, 5) is -1.02. The Balaban J connectivity index is 1.85. The molecule has 0 radical (unpaired) electrons. The lowest BCUT2D eigenvalue weighted by Gasteiger charge is -2.10. The molecule has 5 N–H and O–H groups in total. The number of ether oxygens (including phenoxy) is 1. The third-order valence-corrected chi connectivity index (χ3v) is 7.64. The van der Waals surface area contributed by atoms with Crippen LogP contribution in [0.15, 0.2) is 84.8 Å². The second-order valence-electron chi connectivity index (χ2n) is 7.83. The summed E-state index contributed by atoms with van der Waals surface area (Å²) in [5, 5.41) is 15.4. The summed E-state index contributed by atoms with van der Waals surface area (Å²) in [6.07, 6.45) is -0.0327. The first-order valence-corrected chi connectivity index (χ1v) is 15.6. The molecule has 0 aliphatic carbocycles. The molecule has 0 unspecified atom stereocenters. The Morgan fingerprint density at radius 3 is 1.95 bits per heavy atom. The fourth-order valence-electron chi connectivity index (χ4n) is 2.95. The van der Waals surface area contributed by atoms with Crippen LogP contribution in [0.4, 0.5) is 28.4 Å². The molecule has 0 amide bonds. The smallest absolute Gasteiger partial charge is 0.296 e. The van der Waals surface area contributed by atoms with Gasteiger partial charge in [0.15, 0.2) is 0 Å². The number of hydrogen-bond acceptors (Lipinski definition) is 12. The van der Waals surface area contributed by atoms with E-state index in [1.165, 1.54) is 36.4 Å². The largest absolute Gasteiger partial charge is 0.491 e. The SMILES string of the molecule is Nc1cc(Cl)c(N=Nc2ccc(N=Nc3ccc(S(=O)(=O)O)cc3)cc2S(=O)(=O)O)cc1OCCCS(=O)(=O)O. The van der Waals surface area contributed by atoms with Gasteiger partial charge in [-0.05, 0) is 55.0 Å². The average molecular weight is 634 g/mol. The molecule has 0 spiro atoms. The maximum absolute atomic E-state index is 12.0. The molecule has 0 fully saturated rings. The van der Waals surface area contributed by atoms with Crippen molar-refractivity contribution < 1.29 is 43.6 Å². The van der Waals surface area contributed by atoms with Crippen LogP contribution in [0.25, 0.3) is 0 Å². The summed E-state index contributed by atoms with van der Waals surface area (Å²) in [6, 6.07) is 10.7. The van der Waals surface area contributed by atoms with Gasteiger partial charge >= 0.3 is 0 Å². The lowest BCUT2D eigenvalue weighted by molar-refractivity contribution is 0.318. The molecule has 0 atom stereocenters. The molecule has 0 heterocycles. The van der Waals surface area contributed by atoms with Gasteiger partial charge in [0.2, 0.25) is 0 Å². The van der Waals surface area contributed by atoms with Crippen molar-refractivity contribution in [2.75, 3.05) is 18.1 Å². The van der Waals surface area contributed by atoms with E-state index in [0.29, 0.717) is 0 Å². The third kappa shape index (κ3) is 9.01. The van der Waals surface area contributed by atoms with Gasteiger partial charge in [0.1, 0.15) is 22.0 Å². The fraction of sp³-hybridized carbons (Fsp3) is 0.143. The van der Waals surface area contributed by atoms with E-state index >= 15 is 0 Å². The topological polar surface area (TPSA) is 248 Å². The van der Waals surface area contributed by atoms with Gasteiger partial charge in [-0.15, -0.1) is 10.2 Å². The number of nitrogens with zero attached hydrogens (tertiary/aromatic N) is 4. The summed E-state index contributed by atoms with van der Waals surface area (Å²) < 4.78 is 101. The Hall–Kier alpha value is -3.52. The Labute approximate surface area is 233 Å². The van der Waals surface area contributed by atoms with E-state index in [1.54, 1.807) is 0 Å². The summed E-state index contributed by atoms with van der Waals surface area (Å²) in [6.45, 7) is -0.115. The number of benzene rings is 3. The number of hydrogen-bond donors (Lipinski definition) is 4. The van der Waals surface area contributed by atoms with Crippen LogP contribution in [0.5, 0.6) is 5.75 Å². The van der Waals surface area contributed by atoms with Crippen LogP contribution in [0, 0.1) is 0 Å². The van der Waals surface area contributed by atoms with Gasteiger partial charge in [-0.25, -0.2) is 0 Å². The molecule has 3 aromatic carbocycles. The highest BCUT2D eigenvalue weighted by Crippen LogP contribution is 2.37. The van der Waals surface area contributed by atoms with Gasteiger partial charge in [0.05, 0.1) is 39.3 Å². The van der Waals surface area contributed by atoms with E-state index in [0.717, 1.165) is 18.2 Å². The Morgan fingerprint density at radius 2 is 1.35 bits per heavy atom. The molecule has 0 aliphatic heterocycles. The van der Waals surface area contributed by atoms with Crippen molar-refractivity contribution in [2.45, 2.75) is 16.2 Å². The standard InChI is InChI=1S/C21H20ClN5O10S3/c22-16-11-17(23)20(37-8-1-9-38(28,29)30)12-19(16)27-26-18-7-4-14(10-21(18)40(34,35)36)25-24-13-2-5-15(6-3-13)39(31,32)33/h2-7,10-12H,1,8-9,23H2,(H,28,29,30)(H,31,32,33)(H,34,35,36). The highest BCUT2D eigenvalue weighted by atomic mass is 35.5. The van der Waals surface area contributed by atoms with Crippen molar-refractivity contribution in [3.8, 4) is 5.75 Å². The number of halogens is 1. The van der Waals surface area contributed by atoms with Gasteiger partial charge in [0, 0.05) is 6.07 Å². The van der Waals surface area contributed by atoms with E-state index < -0.39 is 41.0 Å². The summed E-state index contributed by atoms with van der Waals surface area (Å²) >= 11 is 6.13. The quantitative estimate of drug-likeness (QED) is 0.0955. The number of nitrogens with two attached hydrogens (primary N) is 1. The number of nitrogen functional groups attached to an aromatic ring is 1. The van der Waals surface area contributed by atoms with Crippen molar-refractivity contribution in [3.63, 3.8) is 0 Å². The van der Waals surface area contributed by atoms with Crippen LogP contribution in [0.1, 0.15) is 6.42 Å². The molecular weight excluding hydrogens is 614 g/mol. The first-order chi connectivity index (χ1) is 18.5. The summed E-state index contributed by atoms with van der Waals surface area (Å²) in [7, 11) is -13.4. The van der Waals surface area contributed by atoms with E-state index in [2.05, 4.69) is 20.5 Å². The molecule has 0 saturated carbocycles. The second kappa shape index (κ2) is 12.3. The van der Waals surface area contributed by atoms with Gasteiger partial charge in [0.25, 0.3) is 30.4 Å². The highest BCUT2D eigenvalue weighted by molar-refractivity contribution is 7.86. The Morgan fingerprint density at radius 1 is 0.750 bits per heavy atom. The minimum absolute atomic E-state index is 0.000890. The number of anilines is 1. The van der Waals surface area contributed by atoms with Crippen LogP contribution in [-0.4, -0.2) is 51.3 Å². The zero-order valence-corrected chi connectivity index (χ0v) is 23.2. The lowest BCUT2D eigenvalue weighted by Crippen LogP contribution is -2.09. The van der Waals surface area contributed by atoms with E-state index in [9.17, 15) is 29.8 Å². The Kier molecular flexibility index (Phi) is 9.56. The predicted octanol–water partition coefficient (Wildman–Crippen LogP) is 4.90. The highest BCUT2D eigenvalue weighted by Gasteiger charge is 2.17. The molecule has 0 aromatic heterocycles. The minimum Gasteiger partial charge on any atom is -0.491 e. The van der Waals surface area contributed by atoms with Crippen LogP contribution in [0.3, 0.4) is 0 Å². The third-order valence-electron chi connectivity index (χ3n) is 4.79. The molecule has 0 aliphatic rings. The van der Waals surface area contributed by atoms with Gasteiger partial charge in [-0.3, -0.25) is 13.7 Å². The molecule has 40 heavy (non-hydrogen) atoms. The van der Waals surface area contributed by atoms with Crippen molar-refractivity contribution in [1.29, 1.82) is 0 Å². The zero-order valence-electron chi connectivity index (χ0n) is 20.0. The second-order valence-corrected chi connectivity index (χ2v) is 12.6. The van der Waals surface area contributed by atoms with E-state index in [-0.39, 0.29) is 57.1 Å². The first kappa shape index (κ1) is 31.0. The van der Waals surface area contributed by atoms with E-state index in [4.69, 9.17) is 31.2 Å². The van der Waals surface area contributed by atoms with Crippen LogP contribution in [-0.2, 0) is 30.4 Å². The monoisotopic (exact) mass is 633 g/mol.